The van der Waals surface area contributed by atoms with E-state index < -0.39 is 5.82 Å². The molecular weight excluding hydrogens is 467 g/mol. The van der Waals surface area contributed by atoms with Gasteiger partial charge in [0.2, 0.25) is 5.91 Å². The van der Waals surface area contributed by atoms with Crippen LogP contribution in [0.15, 0.2) is 36.8 Å². The predicted molar refractivity (Wildman–Crippen MR) is 135 cm³/mol. The van der Waals surface area contributed by atoms with Crippen LogP contribution in [-0.4, -0.2) is 57.0 Å². The minimum absolute atomic E-state index is 0.129. The highest BCUT2D eigenvalue weighted by Crippen LogP contribution is 2.42. The van der Waals surface area contributed by atoms with Gasteiger partial charge in [0, 0.05) is 36.5 Å². The maximum atomic E-state index is 14.1. The third kappa shape index (κ3) is 4.33. The SMILES string of the molecule is O=C([C@H](Nc1cc(F)cc(Cl)c1)C1CC1)N1CCCCC12CCCN(c1ncnc3[nH]ccc13)C2. The average Bonchev–Trinajstić information content (AvgIpc) is 3.57. The molecule has 4 heterocycles. The topological polar surface area (TPSA) is 77.2 Å². The zero-order valence-corrected chi connectivity index (χ0v) is 20.4. The first-order chi connectivity index (χ1) is 17.0. The summed E-state index contributed by atoms with van der Waals surface area (Å²) in [6, 6.07) is 6.05. The molecule has 1 spiro atoms. The maximum absolute atomic E-state index is 14.1. The van der Waals surface area contributed by atoms with Crippen LogP contribution in [0.1, 0.15) is 44.9 Å². The van der Waals surface area contributed by atoms with Crippen molar-refractivity contribution in [3.8, 4) is 0 Å². The summed E-state index contributed by atoms with van der Waals surface area (Å²) in [5.41, 5.74) is 1.17. The molecule has 2 saturated heterocycles. The van der Waals surface area contributed by atoms with Crippen LogP contribution in [0.25, 0.3) is 11.0 Å². The van der Waals surface area contributed by atoms with Crippen LogP contribution in [0.4, 0.5) is 15.9 Å². The van der Waals surface area contributed by atoms with Crippen molar-refractivity contribution in [2.24, 2.45) is 5.92 Å². The van der Waals surface area contributed by atoms with Gasteiger partial charge in [-0.15, -0.1) is 0 Å². The van der Waals surface area contributed by atoms with E-state index in [4.69, 9.17) is 11.6 Å². The van der Waals surface area contributed by atoms with Gasteiger partial charge in [0.1, 0.15) is 29.7 Å². The number of fused-ring (bicyclic) bond motifs is 1. The lowest BCUT2D eigenvalue weighted by Gasteiger charge is -2.53. The smallest absolute Gasteiger partial charge is 0.245 e. The quantitative estimate of drug-likeness (QED) is 0.520. The summed E-state index contributed by atoms with van der Waals surface area (Å²) in [6.45, 7) is 2.43. The number of halogens is 2. The van der Waals surface area contributed by atoms with E-state index in [9.17, 15) is 9.18 Å². The number of H-pyrrole nitrogens is 1. The van der Waals surface area contributed by atoms with Gasteiger partial charge in [0.25, 0.3) is 0 Å². The molecule has 1 saturated carbocycles. The monoisotopic (exact) mass is 496 g/mol. The van der Waals surface area contributed by atoms with Gasteiger partial charge in [-0.1, -0.05) is 11.6 Å². The number of aromatic nitrogens is 3. The Bertz CT molecular complexity index is 1220. The minimum Gasteiger partial charge on any atom is -0.373 e. The number of likely N-dealkylation sites (tertiary alicyclic amines) is 1. The number of benzene rings is 1. The van der Waals surface area contributed by atoms with Gasteiger partial charge >= 0.3 is 0 Å². The molecule has 1 aliphatic carbocycles. The van der Waals surface area contributed by atoms with Gasteiger partial charge in [-0.25, -0.2) is 14.4 Å². The first-order valence-corrected chi connectivity index (χ1v) is 13.0. The summed E-state index contributed by atoms with van der Waals surface area (Å²) in [5.74, 6) is 0.924. The van der Waals surface area contributed by atoms with Crippen molar-refractivity contribution < 1.29 is 9.18 Å². The Balaban J connectivity index is 1.29. The van der Waals surface area contributed by atoms with Crippen LogP contribution >= 0.6 is 11.6 Å². The molecule has 9 heteroatoms. The molecule has 0 radical (unpaired) electrons. The van der Waals surface area contributed by atoms with Gasteiger partial charge < -0.3 is 20.1 Å². The van der Waals surface area contributed by atoms with Gasteiger partial charge in [-0.2, -0.15) is 0 Å². The highest BCUT2D eigenvalue weighted by Gasteiger charge is 2.48. The van der Waals surface area contributed by atoms with Crippen molar-refractivity contribution in [2.75, 3.05) is 29.9 Å². The van der Waals surface area contributed by atoms with Crippen molar-refractivity contribution in [2.45, 2.75) is 56.5 Å². The van der Waals surface area contributed by atoms with E-state index in [-0.39, 0.29) is 23.4 Å². The standard InChI is InChI=1S/C26H30ClFN6O/c27-18-12-19(28)14-20(13-18)32-22(17-4-5-17)25(35)34-11-2-1-7-26(34)8-3-10-33(15-26)24-21-6-9-29-23(21)30-16-31-24/h6,9,12-14,16-17,22,32H,1-5,7-8,10-11,15H2,(H,29,30,31)/t22-,26?/m1/s1. The molecule has 1 aromatic carbocycles. The van der Waals surface area contributed by atoms with Crippen molar-refractivity contribution in [3.05, 3.63) is 47.6 Å². The Morgan fingerprint density at radius 3 is 2.86 bits per heavy atom. The highest BCUT2D eigenvalue weighted by molar-refractivity contribution is 6.30. The van der Waals surface area contributed by atoms with E-state index in [0.29, 0.717) is 10.7 Å². The molecule has 2 atom stereocenters. The Labute approximate surface area is 209 Å². The van der Waals surface area contributed by atoms with E-state index in [0.717, 1.165) is 81.4 Å². The van der Waals surface area contributed by atoms with E-state index in [1.54, 1.807) is 12.4 Å². The lowest BCUT2D eigenvalue weighted by molar-refractivity contribution is -0.142. The van der Waals surface area contributed by atoms with Crippen LogP contribution in [-0.2, 0) is 4.79 Å². The molecule has 3 aromatic rings. The molecule has 0 bridgehead atoms. The zero-order chi connectivity index (χ0) is 24.0. The second-order valence-electron chi connectivity index (χ2n) is 10.3. The lowest BCUT2D eigenvalue weighted by atomic mass is 9.79. The largest absolute Gasteiger partial charge is 0.373 e. The van der Waals surface area contributed by atoms with Gasteiger partial charge in [-0.3, -0.25) is 4.79 Å². The fourth-order valence-electron chi connectivity index (χ4n) is 6.06. The van der Waals surface area contributed by atoms with Crippen LogP contribution in [0.5, 0.6) is 0 Å². The van der Waals surface area contributed by atoms with Crippen LogP contribution < -0.4 is 10.2 Å². The number of piperidine rings is 2. The summed E-state index contributed by atoms with van der Waals surface area (Å²) in [7, 11) is 0. The Kier molecular flexibility index (Phi) is 5.79. The molecule has 184 valence electrons. The van der Waals surface area contributed by atoms with Crippen LogP contribution in [0.3, 0.4) is 0 Å². The van der Waals surface area contributed by atoms with Crippen molar-refractivity contribution in [1.82, 2.24) is 19.9 Å². The molecule has 7 nitrogen and oxygen atoms in total. The van der Waals surface area contributed by atoms with E-state index in [1.807, 2.05) is 12.3 Å². The van der Waals surface area contributed by atoms with Crippen LogP contribution in [0, 0.1) is 11.7 Å². The normalized spacial score (nSPS) is 23.6. The zero-order valence-electron chi connectivity index (χ0n) is 19.6. The number of carbonyl (C=O) groups excluding carboxylic acids is 1. The van der Waals surface area contributed by atoms with Crippen molar-refractivity contribution in [3.63, 3.8) is 0 Å². The van der Waals surface area contributed by atoms with Gasteiger partial charge in [-0.05, 0) is 75.1 Å². The summed E-state index contributed by atoms with van der Waals surface area (Å²) >= 11 is 6.09. The third-order valence-electron chi connectivity index (χ3n) is 7.84. The molecule has 2 aromatic heterocycles. The lowest BCUT2D eigenvalue weighted by Crippen LogP contribution is -2.64. The second-order valence-corrected chi connectivity index (χ2v) is 10.7. The number of amides is 1. The molecular formula is C26H30ClFN6O. The molecule has 1 amide bonds. The summed E-state index contributed by atoms with van der Waals surface area (Å²) in [6.07, 6.45) is 10.6. The summed E-state index contributed by atoms with van der Waals surface area (Å²) in [4.78, 5) is 30.8. The number of carbonyl (C=O) groups is 1. The maximum Gasteiger partial charge on any atom is 0.245 e. The fourth-order valence-corrected chi connectivity index (χ4v) is 6.29. The Morgan fingerprint density at radius 1 is 1.17 bits per heavy atom. The number of hydrogen-bond acceptors (Lipinski definition) is 5. The van der Waals surface area contributed by atoms with Gasteiger partial charge in [0.15, 0.2) is 0 Å². The molecule has 35 heavy (non-hydrogen) atoms. The predicted octanol–water partition coefficient (Wildman–Crippen LogP) is 4.99. The summed E-state index contributed by atoms with van der Waals surface area (Å²) < 4.78 is 14.0. The number of anilines is 2. The minimum atomic E-state index is -0.403. The Morgan fingerprint density at radius 2 is 2.03 bits per heavy atom. The van der Waals surface area contributed by atoms with E-state index in [1.165, 1.54) is 12.1 Å². The Hall–Kier alpha value is -2.87. The van der Waals surface area contributed by atoms with Crippen LogP contribution in [0.2, 0.25) is 5.02 Å². The molecule has 6 rings (SSSR count). The first kappa shape index (κ1) is 22.6. The second kappa shape index (κ2) is 8.97. The first-order valence-electron chi connectivity index (χ1n) is 12.6. The van der Waals surface area contributed by atoms with E-state index in [2.05, 4.69) is 30.1 Å². The number of rotatable bonds is 5. The number of nitrogens with one attached hydrogen (secondary N) is 2. The third-order valence-corrected chi connectivity index (χ3v) is 8.06. The molecule has 1 unspecified atom stereocenters. The highest BCUT2D eigenvalue weighted by atomic mass is 35.5. The number of hydrogen-bond donors (Lipinski definition) is 2. The van der Waals surface area contributed by atoms with E-state index >= 15 is 0 Å². The molecule has 3 aliphatic rings. The van der Waals surface area contributed by atoms with Crippen molar-refractivity contribution >= 4 is 40.0 Å². The van der Waals surface area contributed by atoms with Crippen molar-refractivity contribution in [1.29, 1.82) is 0 Å². The molecule has 2 aliphatic heterocycles. The number of nitrogens with zero attached hydrogens (tertiary/aromatic N) is 4. The molecule has 2 N–H and O–H groups in total. The molecule has 3 fully saturated rings. The number of aromatic amines is 1. The van der Waals surface area contributed by atoms with Gasteiger partial charge in [0.05, 0.1) is 10.9 Å². The fraction of sp³-hybridized carbons (Fsp3) is 0.500. The summed E-state index contributed by atoms with van der Waals surface area (Å²) in [5, 5.41) is 4.69. The average molecular weight is 497 g/mol.